The van der Waals surface area contributed by atoms with E-state index in [-0.39, 0.29) is 5.54 Å². The van der Waals surface area contributed by atoms with Gasteiger partial charge < -0.3 is 10.6 Å². The molecule has 1 aliphatic carbocycles. The summed E-state index contributed by atoms with van der Waals surface area (Å²) in [5.41, 5.74) is 9.24. The second-order valence-electron chi connectivity index (χ2n) is 7.07. The van der Waals surface area contributed by atoms with Crippen LogP contribution in [0.2, 0.25) is 0 Å². The molecule has 0 radical (unpaired) electrons. The minimum Gasteiger partial charge on any atom is -0.374 e. The van der Waals surface area contributed by atoms with Crippen LogP contribution in [0.4, 0.5) is 4.39 Å². The van der Waals surface area contributed by atoms with E-state index in [1.807, 2.05) is 14.0 Å². The number of halogens is 1. The highest BCUT2D eigenvalue weighted by Gasteiger charge is 2.25. The molecule has 0 atom stereocenters. The van der Waals surface area contributed by atoms with E-state index < -0.39 is 5.95 Å². The van der Waals surface area contributed by atoms with Gasteiger partial charge in [0.25, 0.3) is 0 Å². The maximum absolute atomic E-state index is 13.2. The lowest BCUT2D eigenvalue weighted by atomic mass is 9.82. The van der Waals surface area contributed by atoms with Crippen molar-refractivity contribution < 1.29 is 4.39 Å². The van der Waals surface area contributed by atoms with Crippen molar-refractivity contribution in [3.63, 3.8) is 0 Å². The minimum atomic E-state index is -0.447. The molecule has 0 saturated heterocycles. The molecule has 0 aliphatic heterocycles. The van der Waals surface area contributed by atoms with Crippen LogP contribution in [0, 0.1) is 12.9 Å². The molecule has 4 heteroatoms. The summed E-state index contributed by atoms with van der Waals surface area (Å²) in [6.45, 7) is 6.91. The van der Waals surface area contributed by atoms with Gasteiger partial charge in [-0.25, -0.2) is 4.98 Å². The molecular weight excluding hydrogens is 289 g/mol. The van der Waals surface area contributed by atoms with Crippen molar-refractivity contribution in [2.24, 2.45) is 5.73 Å². The molecule has 0 spiro atoms. The quantitative estimate of drug-likeness (QED) is 0.824. The van der Waals surface area contributed by atoms with Gasteiger partial charge in [-0.3, -0.25) is 0 Å². The van der Waals surface area contributed by atoms with Crippen LogP contribution in [-0.4, -0.2) is 29.0 Å². The monoisotopic (exact) mass is 319 g/mol. The fraction of sp³-hybridized carbons (Fsp3) is 0.632. The molecule has 0 bridgehead atoms. The van der Waals surface area contributed by atoms with E-state index in [1.165, 1.54) is 38.2 Å². The van der Waals surface area contributed by atoms with Gasteiger partial charge in [0.15, 0.2) is 0 Å². The molecule has 1 heterocycles. The third kappa shape index (κ3) is 5.03. The molecular formula is C19H30FN3. The number of aryl methyl sites for hydroxylation is 1. The second-order valence-corrected chi connectivity index (χ2v) is 7.07. The summed E-state index contributed by atoms with van der Waals surface area (Å²) in [5, 5.41) is 0. The first-order valence-electron chi connectivity index (χ1n) is 8.73. The van der Waals surface area contributed by atoms with Crippen LogP contribution in [-0.2, 0) is 0 Å². The predicted molar refractivity (Wildman–Crippen MR) is 94.5 cm³/mol. The highest BCUT2D eigenvalue weighted by molar-refractivity contribution is 5.63. The Bertz CT molecular complexity index is 533. The Morgan fingerprint density at radius 2 is 1.91 bits per heavy atom. The van der Waals surface area contributed by atoms with E-state index >= 15 is 0 Å². The third-order valence-electron chi connectivity index (χ3n) is 5.14. The van der Waals surface area contributed by atoms with Gasteiger partial charge in [-0.2, -0.15) is 4.39 Å². The number of hydrogen-bond acceptors (Lipinski definition) is 3. The standard InChI is InChI=1S/C19H30FN3/c1-15-13-18(20)22-14-17(15)16(2)23(3)12-11-19(21)9-7-5-4-6-8-10-19/h13-14H,2,4-12,21H2,1,3H3. The van der Waals surface area contributed by atoms with Crippen molar-refractivity contribution >= 4 is 5.70 Å². The maximum Gasteiger partial charge on any atom is 0.213 e. The van der Waals surface area contributed by atoms with Gasteiger partial charge in [-0.15, -0.1) is 0 Å². The summed E-state index contributed by atoms with van der Waals surface area (Å²) < 4.78 is 13.2. The van der Waals surface area contributed by atoms with Gasteiger partial charge in [0.05, 0.1) is 0 Å². The summed E-state index contributed by atoms with van der Waals surface area (Å²) in [5.74, 6) is -0.447. The fourth-order valence-corrected chi connectivity index (χ4v) is 3.41. The molecule has 2 N–H and O–H groups in total. The zero-order valence-electron chi connectivity index (χ0n) is 14.6. The molecule has 1 aliphatic rings. The number of rotatable bonds is 5. The van der Waals surface area contributed by atoms with Gasteiger partial charge in [-0.05, 0) is 37.8 Å². The van der Waals surface area contributed by atoms with E-state index in [2.05, 4.69) is 16.5 Å². The lowest BCUT2D eigenvalue weighted by Crippen LogP contribution is -2.42. The summed E-state index contributed by atoms with van der Waals surface area (Å²) in [6.07, 6.45) is 11.2. The van der Waals surface area contributed by atoms with Crippen molar-refractivity contribution in [3.8, 4) is 0 Å². The van der Waals surface area contributed by atoms with Crippen LogP contribution in [0.25, 0.3) is 5.70 Å². The fourth-order valence-electron chi connectivity index (χ4n) is 3.41. The van der Waals surface area contributed by atoms with Crippen molar-refractivity contribution in [1.82, 2.24) is 9.88 Å². The Balaban J connectivity index is 1.95. The normalized spacial score (nSPS) is 18.1. The van der Waals surface area contributed by atoms with Crippen LogP contribution in [0.15, 0.2) is 18.8 Å². The topological polar surface area (TPSA) is 42.2 Å². The van der Waals surface area contributed by atoms with E-state index in [0.29, 0.717) is 0 Å². The highest BCUT2D eigenvalue weighted by atomic mass is 19.1. The molecule has 1 aromatic rings. The average Bonchev–Trinajstić information content (AvgIpc) is 2.48. The second kappa shape index (κ2) is 7.91. The molecule has 0 unspecified atom stereocenters. The molecule has 23 heavy (non-hydrogen) atoms. The molecule has 1 aromatic heterocycles. The average molecular weight is 319 g/mol. The zero-order valence-corrected chi connectivity index (χ0v) is 14.6. The van der Waals surface area contributed by atoms with Crippen LogP contribution in [0.1, 0.15) is 62.5 Å². The Morgan fingerprint density at radius 1 is 1.30 bits per heavy atom. The molecule has 0 aromatic carbocycles. The third-order valence-corrected chi connectivity index (χ3v) is 5.14. The first kappa shape index (κ1) is 17.9. The largest absolute Gasteiger partial charge is 0.374 e. The minimum absolute atomic E-state index is 0.0505. The van der Waals surface area contributed by atoms with Crippen molar-refractivity contribution in [2.75, 3.05) is 13.6 Å². The maximum atomic E-state index is 13.2. The molecule has 3 nitrogen and oxygen atoms in total. The van der Waals surface area contributed by atoms with Gasteiger partial charge in [0.2, 0.25) is 5.95 Å². The Morgan fingerprint density at radius 3 is 2.52 bits per heavy atom. The first-order valence-corrected chi connectivity index (χ1v) is 8.73. The number of pyridine rings is 1. The molecule has 1 fully saturated rings. The number of nitrogens with zero attached hydrogens (tertiary/aromatic N) is 2. The van der Waals surface area contributed by atoms with E-state index in [9.17, 15) is 4.39 Å². The summed E-state index contributed by atoms with van der Waals surface area (Å²) in [6, 6.07) is 1.45. The summed E-state index contributed by atoms with van der Waals surface area (Å²) in [4.78, 5) is 5.87. The molecule has 128 valence electrons. The molecule has 2 rings (SSSR count). The van der Waals surface area contributed by atoms with E-state index in [1.54, 1.807) is 6.20 Å². The van der Waals surface area contributed by atoms with Gasteiger partial charge in [0.1, 0.15) is 0 Å². The summed E-state index contributed by atoms with van der Waals surface area (Å²) in [7, 11) is 2.03. The number of aromatic nitrogens is 1. The van der Waals surface area contributed by atoms with Crippen LogP contribution >= 0.6 is 0 Å². The number of nitrogens with two attached hydrogens (primary N) is 1. The van der Waals surface area contributed by atoms with Crippen LogP contribution < -0.4 is 5.73 Å². The molecule has 0 amide bonds. The molecule has 1 saturated carbocycles. The first-order chi connectivity index (χ1) is 10.9. The van der Waals surface area contributed by atoms with Crippen LogP contribution in [0.5, 0.6) is 0 Å². The lowest BCUT2D eigenvalue weighted by molar-refractivity contribution is 0.273. The van der Waals surface area contributed by atoms with E-state index in [0.717, 1.165) is 42.6 Å². The predicted octanol–water partition coefficient (Wildman–Crippen LogP) is 4.26. The Kier molecular flexibility index (Phi) is 6.17. The Labute approximate surface area is 139 Å². The summed E-state index contributed by atoms with van der Waals surface area (Å²) >= 11 is 0. The van der Waals surface area contributed by atoms with Crippen molar-refractivity contribution in [1.29, 1.82) is 0 Å². The smallest absolute Gasteiger partial charge is 0.213 e. The van der Waals surface area contributed by atoms with Gasteiger partial charge >= 0.3 is 0 Å². The van der Waals surface area contributed by atoms with Crippen molar-refractivity contribution in [2.45, 2.75) is 63.8 Å². The number of hydrogen-bond donors (Lipinski definition) is 1. The van der Waals surface area contributed by atoms with Gasteiger partial charge in [0, 0.05) is 36.6 Å². The van der Waals surface area contributed by atoms with Crippen molar-refractivity contribution in [3.05, 3.63) is 35.9 Å². The SMILES string of the molecule is C=C(c1cnc(F)cc1C)N(C)CCC1(N)CCCCCCC1. The van der Waals surface area contributed by atoms with E-state index in [4.69, 9.17) is 5.73 Å². The zero-order chi connectivity index (χ0) is 16.9. The lowest BCUT2D eigenvalue weighted by Gasteiger charge is -2.34. The van der Waals surface area contributed by atoms with Gasteiger partial charge in [-0.1, -0.05) is 38.7 Å². The highest BCUT2D eigenvalue weighted by Crippen LogP contribution is 2.28. The Hall–Kier alpha value is -1.42. The van der Waals surface area contributed by atoms with Crippen LogP contribution in [0.3, 0.4) is 0 Å².